The van der Waals surface area contributed by atoms with E-state index < -0.39 is 0 Å². The first-order valence-electron chi connectivity index (χ1n) is 6.64. The summed E-state index contributed by atoms with van der Waals surface area (Å²) in [7, 11) is 0. The smallest absolute Gasteiger partial charge is 0.852 e. The molecule has 0 fully saturated rings. The van der Waals surface area contributed by atoms with E-state index in [2.05, 4.69) is 27.7 Å². The summed E-state index contributed by atoms with van der Waals surface area (Å²) in [6, 6.07) is 0. The Morgan fingerprint density at radius 1 is 0.706 bits per heavy atom. The van der Waals surface area contributed by atoms with Crippen LogP contribution in [0.4, 0.5) is 0 Å². The van der Waals surface area contributed by atoms with Crippen molar-refractivity contribution in [2.75, 3.05) is 0 Å². The monoisotopic (exact) mass is 254 g/mol. The van der Waals surface area contributed by atoms with Crippen molar-refractivity contribution in [2.24, 2.45) is 11.8 Å². The van der Waals surface area contributed by atoms with Crippen LogP contribution in [0.3, 0.4) is 0 Å². The van der Waals surface area contributed by atoms with E-state index in [0.29, 0.717) is 11.8 Å². The van der Waals surface area contributed by atoms with E-state index in [1.807, 2.05) is 13.8 Å². The second kappa shape index (κ2) is 14.7. The van der Waals surface area contributed by atoms with Gasteiger partial charge in [0.1, 0.15) is 0 Å². The van der Waals surface area contributed by atoms with E-state index >= 15 is 0 Å². The van der Waals surface area contributed by atoms with Gasteiger partial charge in [0.15, 0.2) is 0 Å². The Morgan fingerprint density at radius 2 is 0.941 bits per heavy atom. The Bertz CT molecular complexity index is 122. The quantitative estimate of drug-likeness (QED) is 0.681. The molecule has 0 rings (SSSR count). The van der Waals surface area contributed by atoms with Gasteiger partial charge in [0.2, 0.25) is 0 Å². The van der Waals surface area contributed by atoms with E-state index in [0.717, 1.165) is 25.7 Å². The average Bonchev–Trinajstić information content (AvgIpc) is 2.16. The summed E-state index contributed by atoms with van der Waals surface area (Å²) in [5.74, 6) is 1.13. The van der Waals surface area contributed by atoms with Crippen LogP contribution in [0.15, 0.2) is 0 Å². The van der Waals surface area contributed by atoms with Crippen LogP contribution in [-0.4, -0.2) is 35.3 Å². The summed E-state index contributed by atoms with van der Waals surface area (Å²) in [5.41, 5.74) is 0. The van der Waals surface area contributed by atoms with Crippen molar-refractivity contribution >= 4 is 23.1 Å². The van der Waals surface area contributed by atoms with E-state index in [9.17, 15) is 10.2 Å². The van der Waals surface area contributed by atoms with Gasteiger partial charge in [-0.3, -0.25) is 0 Å². The molecule has 100 valence electrons. The van der Waals surface area contributed by atoms with E-state index in [1.165, 1.54) is 0 Å². The maximum atomic E-state index is 10.7. The molecule has 17 heavy (non-hydrogen) atoms. The topological polar surface area (TPSA) is 46.1 Å². The molecule has 0 spiro atoms. The fourth-order valence-electron chi connectivity index (χ4n) is 1.38. The molecule has 0 radical (unpaired) electrons. The zero-order valence-electron chi connectivity index (χ0n) is 12.7. The maximum absolute atomic E-state index is 10.7. The largest absolute Gasteiger partial charge is 2.00 e. The summed E-state index contributed by atoms with van der Waals surface area (Å²) in [5, 5.41) is 21.4. The number of hydrogen-bond donors (Lipinski definition) is 0. The normalized spacial score (nSPS) is 13.8. The Kier molecular flexibility index (Phi) is 19.8. The third-order valence-corrected chi connectivity index (χ3v) is 2.38. The van der Waals surface area contributed by atoms with Crippen LogP contribution in [0.5, 0.6) is 0 Å². The minimum absolute atomic E-state index is 0. The van der Waals surface area contributed by atoms with Gasteiger partial charge in [-0.1, -0.05) is 67.2 Å². The van der Waals surface area contributed by atoms with Crippen LogP contribution in [0.2, 0.25) is 0 Å². The number of rotatable bonds is 6. The van der Waals surface area contributed by atoms with E-state index in [1.54, 1.807) is 0 Å². The molecule has 0 amide bonds. The first kappa shape index (κ1) is 22.8. The molecular formula is C14H30MgO2. The second-order valence-corrected chi connectivity index (χ2v) is 5.32. The predicted octanol–water partition coefficient (Wildman–Crippen LogP) is 1.96. The Balaban J connectivity index is -0.000000218. The first-order valence-corrected chi connectivity index (χ1v) is 6.64. The molecule has 0 aromatic rings. The molecule has 2 unspecified atom stereocenters. The molecule has 2 nitrogen and oxygen atoms in total. The second-order valence-electron chi connectivity index (χ2n) is 5.32. The van der Waals surface area contributed by atoms with E-state index in [-0.39, 0.29) is 35.3 Å². The van der Waals surface area contributed by atoms with Crippen molar-refractivity contribution in [3.05, 3.63) is 0 Å². The maximum Gasteiger partial charge on any atom is 2.00 e. The van der Waals surface area contributed by atoms with Gasteiger partial charge in [-0.05, 0) is 11.8 Å². The van der Waals surface area contributed by atoms with E-state index in [4.69, 9.17) is 0 Å². The van der Waals surface area contributed by atoms with Crippen LogP contribution in [0.25, 0.3) is 0 Å². The molecule has 0 bridgehead atoms. The molecule has 0 aliphatic carbocycles. The van der Waals surface area contributed by atoms with Gasteiger partial charge in [0.05, 0.1) is 0 Å². The number of hydrogen-bond acceptors (Lipinski definition) is 2. The molecule has 0 aromatic carbocycles. The van der Waals surface area contributed by atoms with Crippen LogP contribution in [0.1, 0.15) is 67.2 Å². The minimum Gasteiger partial charge on any atom is -0.852 e. The molecule has 0 aromatic heterocycles. The summed E-state index contributed by atoms with van der Waals surface area (Å²) < 4.78 is 0. The SMILES string of the molecule is CCC([O-])CC(C)C.CCC([O-])CC(C)C.[Mg+2]. The third kappa shape index (κ3) is 22.4. The molecule has 3 heteroatoms. The van der Waals surface area contributed by atoms with Gasteiger partial charge < -0.3 is 10.2 Å². The minimum atomic E-state index is -0.324. The van der Waals surface area contributed by atoms with Crippen LogP contribution in [-0.2, 0) is 0 Å². The van der Waals surface area contributed by atoms with Crippen molar-refractivity contribution in [2.45, 2.75) is 79.4 Å². The summed E-state index contributed by atoms with van der Waals surface area (Å²) in [4.78, 5) is 0. The van der Waals surface area contributed by atoms with Crippen LogP contribution < -0.4 is 10.2 Å². The van der Waals surface area contributed by atoms with Crippen LogP contribution >= 0.6 is 0 Å². The van der Waals surface area contributed by atoms with Gasteiger partial charge in [0.25, 0.3) is 0 Å². The zero-order valence-corrected chi connectivity index (χ0v) is 14.1. The van der Waals surface area contributed by atoms with Crippen molar-refractivity contribution in [3.63, 3.8) is 0 Å². The van der Waals surface area contributed by atoms with Crippen molar-refractivity contribution in [1.82, 2.24) is 0 Å². The standard InChI is InChI=1S/2C7H15O.Mg/c2*1-4-7(8)5-6(2)3;/h2*6-7H,4-5H2,1-3H3;/q2*-1;+2. The molecule has 0 aliphatic heterocycles. The van der Waals surface area contributed by atoms with Crippen LogP contribution in [0, 0.1) is 11.8 Å². The van der Waals surface area contributed by atoms with Gasteiger partial charge in [0, 0.05) is 0 Å². The molecule has 0 N–H and O–H groups in total. The van der Waals surface area contributed by atoms with Crippen molar-refractivity contribution in [3.8, 4) is 0 Å². The zero-order chi connectivity index (χ0) is 13.1. The summed E-state index contributed by atoms with van der Waals surface area (Å²) >= 11 is 0. The Morgan fingerprint density at radius 3 is 1.00 bits per heavy atom. The predicted molar refractivity (Wildman–Crippen MR) is 72.8 cm³/mol. The Labute approximate surface area is 124 Å². The molecule has 0 heterocycles. The molecule has 0 saturated carbocycles. The molecular weight excluding hydrogens is 224 g/mol. The first-order chi connectivity index (χ1) is 7.33. The van der Waals surface area contributed by atoms with Crippen molar-refractivity contribution < 1.29 is 10.2 Å². The molecule has 2 atom stereocenters. The fraction of sp³-hybridized carbons (Fsp3) is 1.00. The average molecular weight is 255 g/mol. The molecule has 0 aliphatic rings. The van der Waals surface area contributed by atoms with Gasteiger partial charge >= 0.3 is 23.1 Å². The fourth-order valence-corrected chi connectivity index (χ4v) is 1.38. The van der Waals surface area contributed by atoms with Gasteiger partial charge in [-0.15, -0.1) is 12.2 Å². The van der Waals surface area contributed by atoms with Crippen molar-refractivity contribution in [1.29, 1.82) is 0 Å². The summed E-state index contributed by atoms with van der Waals surface area (Å²) in [6.45, 7) is 12.2. The summed E-state index contributed by atoms with van der Waals surface area (Å²) in [6.07, 6.45) is 2.56. The third-order valence-electron chi connectivity index (χ3n) is 2.38. The van der Waals surface area contributed by atoms with Gasteiger partial charge in [-0.2, -0.15) is 0 Å². The molecule has 0 saturated heterocycles. The Hall–Kier alpha value is 0.686. The van der Waals surface area contributed by atoms with Gasteiger partial charge in [-0.25, -0.2) is 0 Å².